The van der Waals surface area contributed by atoms with E-state index in [0.717, 1.165) is 5.01 Å². The minimum absolute atomic E-state index is 0.0598. The summed E-state index contributed by atoms with van der Waals surface area (Å²) in [5.74, 6) is -0.533. The molecular weight excluding hydrogens is 348 g/mol. The van der Waals surface area contributed by atoms with Crippen molar-refractivity contribution in [1.82, 2.24) is 10.2 Å². The van der Waals surface area contributed by atoms with Crippen molar-refractivity contribution < 1.29 is 13.2 Å². The molecule has 2 rings (SSSR count). The Labute approximate surface area is 136 Å². The fourth-order valence-corrected chi connectivity index (χ4v) is 3.50. The second-order valence-corrected chi connectivity index (χ2v) is 7.18. The van der Waals surface area contributed by atoms with Gasteiger partial charge in [-0.3, -0.25) is 9.52 Å². The van der Waals surface area contributed by atoms with E-state index in [9.17, 15) is 13.2 Å². The minimum Gasteiger partial charge on any atom is -0.325 e. The summed E-state index contributed by atoms with van der Waals surface area (Å²) in [4.78, 5) is 11.2. The zero-order chi connectivity index (χ0) is 16.2. The molecule has 1 aromatic carbocycles. The van der Waals surface area contributed by atoms with Crippen LogP contribution in [0.25, 0.3) is 0 Å². The monoisotopic (exact) mass is 360 g/mol. The normalized spacial score (nSPS) is 11.2. The summed E-state index contributed by atoms with van der Waals surface area (Å²) in [7, 11) is -3.74. The largest absolute Gasteiger partial charge is 0.325 e. The maximum atomic E-state index is 12.2. The van der Waals surface area contributed by atoms with E-state index in [1.807, 2.05) is 6.92 Å². The number of alkyl halides is 1. The highest BCUT2D eigenvalue weighted by Crippen LogP contribution is 2.21. The standard InChI is InChI=1S/C12H13ClN4O3S2/c1-2-11-15-16-12(21-11)17-22(19,20)9-5-3-8(4-6-9)14-10(18)7-13/h3-6H,2,7H2,1H3,(H,14,18)(H,16,17). The molecule has 0 unspecified atom stereocenters. The first-order valence-corrected chi connectivity index (χ1v) is 9.09. The number of nitrogens with zero attached hydrogens (tertiary/aromatic N) is 2. The number of nitrogens with one attached hydrogen (secondary N) is 2. The maximum absolute atomic E-state index is 12.2. The summed E-state index contributed by atoms with van der Waals surface area (Å²) >= 11 is 6.57. The van der Waals surface area contributed by atoms with Crippen LogP contribution in [0.1, 0.15) is 11.9 Å². The van der Waals surface area contributed by atoms with E-state index in [0.29, 0.717) is 12.1 Å². The number of halogens is 1. The Morgan fingerprint density at radius 3 is 2.50 bits per heavy atom. The van der Waals surface area contributed by atoms with E-state index >= 15 is 0 Å². The summed E-state index contributed by atoms with van der Waals surface area (Å²) in [6, 6.07) is 5.73. The van der Waals surface area contributed by atoms with Crippen LogP contribution in [0.5, 0.6) is 0 Å². The van der Waals surface area contributed by atoms with Gasteiger partial charge in [-0.25, -0.2) is 8.42 Å². The lowest BCUT2D eigenvalue weighted by Crippen LogP contribution is -2.14. The molecule has 0 spiro atoms. The molecule has 1 amide bonds. The zero-order valence-electron chi connectivity index (χ0n) is 11.5. The van der Waals surface area contributed by atoms with Gasteiger partial charge in [0.1, 0.15) is 10.9 Å². The van der Waals surface area contributed by atoms with Crippen molar-refractivity contribution in [3.8, 4) is 0 Å². The molecule has 1 heterocycles. The predicted molar refractivity (Wildman–Crippen MR) is 85.9 cm³/mol. The van der Waals surface area contributed by atoms with Crippen molar-refractivity contribution in [3.05, 3.63) is 29.3 Å². The molecule has 0 saturated carbocycles. The number of carbonyl (C=O) groups is 1. The smallest absolute Gasteiger partial charge is 0.263 e. The fraction of sp³-hybridized carbons (Fsp3) is 0.250. The van der Waals surface area contributed by atoms with Gasteiger partial charge in [-0.1, -0.05) is 18.3 Å². The number of aromatic nitrogens is 2. The van der Waals surface area contributed by atoms with E-state index in [4.69, 9.17) is 11.6 Å². The third kappa shape index (κ3) is 4.15. The van der Waals surface area contributed by atoms with Crippen LogP contribution in [0.3, 0.4) is 0 Å². The van der Waals surface area contributed by atoms with Crippen molar-refractivity contribution in [2.75, 3.05) is 15.9 Å². The van der Waals surface area contributed by atoms with E-state index < -0.39 is 10.0 Å². The maximum Gasteiger partial charge on any atom is 0.263 e. The number of amides is 1. The third-order valence-electron chi connectivity index (χ3n) is 2.56. The number of hydrogen-bond acceptors (Lipinski definition) is 6. The molecule has 0 saturated heterocycles. The van der Waals surface area contributed by atoms with Gasteiger partial charge in [0.05, 0.1) is 4.90 Å². The van der Waals surface area contributed by atoms with Crippen molar-refractivity contribution >= 4 is 49.7 Å². The molecule has 0 aliphatic heterocycles. The molecule has 0 bridgehead atoms. The summed E-state index contributed by atoms with van der Waals surface area (Å²) < 4.78 is 26.8. The Morgan fingerprint density at radius 1 is 1.27 bits per heavy atom. The van der Waals surface area contributed by atoms with Gasteiger partial charge < -0.3 is 5.32 Å². The topological polar surface area (TPSA) is 101 Å². The van der Waals surface area contributed by atoms with Gasteiger partial charge in [-0.05, 0) is 30.7 Å². The Balaban J connectivity index is 2.13. The van der Waals surface area contributed by atoms with Crippen LogP contribution in [0.4, 0.5) is 10.8 Å². The Morgan fingerprint density at radius 2 is 1.95 bits per heavy atom. The van der Waals surface area contributed by atoms with Crippen molar-refractivity contribution in [3.63, 3.8) is 0 Å². The van der Waals surface area contributed by atoms with Gasteiger partial charge in [0, 0.05) is 5.69 Å². The highest BCUT2D eigenvalue weighted by atomic mass is 35.5. The molecule has 0 atom stereocenters. The third-order valence-corrected chi connectivity index (χ3v) is 5.27. The lowest BCUT2D eigenvalue weighted by atomic mass is 10.3. The molecule has 0 aliphatic rings. The number of benzene rings is 1. The van der Waals surface area contributed by atoms with Crippen molar-refractivity contribution in [1.29, 1.82) is 0 Å². The lowest BCUT2D eigenvalue weighted by Gasteiger charge is -2.06. The Kier molecular flexibility index (Phi) is 5.33. The number of anilines is 2. The Bertz CT molecular complexity index is 759. The minimum atomic E-state index is -3.74. The molecule has 1 aromatic heterocycles. The molecule has 2 aromatic rings. The van der Waals surface area contributed by atoms with Crippen LogP contribution in [0, 0.1) is 0 Å². The molecule has 0 radical (unpaired) electrons. The second-order valence-electron chi connectivity index (χ2n) is 4.17. The number of carbonyl (C=O) groups excluding carboxylic acids is 1. The number of sulfonamides is 1. The lowest BCUT2D eigenvalue weighted by molar-refractivity contribution is -0.113. The quantitative estimate of drug-likeness (QED) is 0.768. The van der Waals surface area contributed by atoms with Crippen LogP contribution in [0.15, 0.2) is 29.2 Å². The average molecular weight is 361 g/mol. The van der Waals surface area contributed by atoms with Crippen LogP contribution < -0.4 is 10.0 Å². The highest BCUT2D eigenvalue weighted by molar-refractivity contribution is 7.93. The van der Waals surface area contributed by atoms with Crippen molar-refractivity contribution in [2.45, 2.75) is 18.2 Å². The zero-order valence-corrected chi connectivity index (χ0v) is 13.9. The summed E-state index contributed by atoms with van der Waals surface area (Å²) in [6.07, 6.45) is 0.689. The van der Waals surface area contributed by atoms with E-state index in [-0.39, 0.29) is 21.8 Å². The first kappa shape index (κ1) is 16.7. The van der Waals surface area contributed by atoms with Gasteiger partial charge in [0.25, 0.3) is 10.0 Å². The van der Waals surface area contributed by atoms with Gasteiger partial charge in [0.2, 0.25) is 11.0 Å². The molecule has 7 nitrogen and oxygen atoms in total. The summed E-state index contributed by atoms with van der Waals surface area (Å²) in [5, 5.41) is 11.1. The van der Waals surface area contributed by atoms with Gasteiger partial charge in [0.15, 0.2) is 0 Å². The summed E-state index contributed by atoms with van der Waals surface area (Å²) in [5.41, 5.74) is 0.466. The summed E-state index contributed by atoms with van der Waals surface area (Å²) in [6.45, 7) is 1.91. The highest BCUT2D eigenvalue weighted by Gasteiger charge is 2.16. The first-order chi connectivity index (χ1) is 10.4. The van der Waals surface area contributed by atoms with E-state index in [2.05, 4.69) is 20.2 Å². The number of rotatable bonds is 6. The molecule has 22 heavy (non-hydrogen) atoms. The molecule has 118 valence electrons. The van der Waals surface area contributed by atoms with Crippen LogP contribution in [0.2, 0.25) is 0 Å². The fourth-order valence-electron chi connectivity index (χ4n) is 1.52. The molecule has 2 N–H and O–H groups in total. The number of hydrogen-bond donors (Lipinski definition) is 2. The Hall–Kier alpha value is -1.71. The van der Waals surface area contributed by atoms with Crippen LogP contribution >= 0.6 is 22.9 Å². The van der Waals surface area contributed by atoms with E-state index in [1.54, 1.807) is 0 Å². The second kappa shape index (κ2) is 7.03. The SMILES string of the molecule is CCc1nnc(NS(=O)(=O)c2ccc(NC(=O)CCl)cc2)s1. The molecule has 10 heteroatoms. The van der Waals surface area contributed by atoms with Gasteiger partial charge >= 0.3 is 0 Å². The van der Waals surface area contributed by atoms with Crippen LogP contribution in [-0.4, -0.2) is 30.4 Å². The molecule has 0 aliphatic carbocycles. The molecular formula is C12H13ClN4O3S2. The van der Waals surface area contributed by atoms with Crippen LogP contribution in [-0.2, 0) is 21.2 Å². The number of aryl methyl sites for hydroxylation is 1. The van der Waals surface area contributed by atoms with Crippen molar-refractivity contribution in [2.24, 2.45) is 0 Å². The average Bonchev–Trinajstić information content (AvgIpc) is 2.94. The predicted octanol–water partition coefficient (Wildman–Crippen LogP) is 2.08. The first-order valence-electron chi connectivity index (χ1n) is 6.25. The van der Waals surface area contributed by atoms with E-state index in [1.165, 1.54) is 35.6 Å². The van der Waals surface area contributed by atoms with Gasteiger partial charge in [-0.15, -0.1) is 21.8 Å². The van der Waals surface area contributed by atoms with Gasteiger partial charge in [-0.2, -0.15) is 0 Å². The molecule has 0 fully saturated rings.